The largest absolute Gasteiger partial charge is 0.465 e. The lowest BCUT2D eigenvalue weighted by molar-refractivity contribution is -0.146. The number of halogens is 1. The molecule has 0 amide bonds. The van der Waals surface area contributed by atoms with Gasteiger partial charge in [0.25, 0.3) is 0 Å². The zero-order chi connectivity index (χ0) is 10.9. The molecule has 1 aromatic rings. The molecule has 1 aromatic heterocycles. The molecule has 1 aliphatic rings. The van der Waals surface area contributed by atoms with Crippen molar-refractivity contribution >= 4 is 21.9 Å². The minimum atomic E-state index is -0.459. The topological polar surface area (TPSA) is 39.2 Å². The molecule has 80 valence electrons. The molecule has 4 heteroatoms. The van der Waals surface area contributed by atoms with Crippen LogP contribution in [0.2, 0.25) is 0 Å². The second kappa shape index (κ2) is 3.93. The quantitative estimate of drug-likeness (QED) is 0.792. The van der Waals surface area contributed by atoms with Crippen molar-refractivity contribution in [3.63, 3.8) is 0 Å². The Hall–Kier alpha value is -0.900. The summed E-state index contributed by atoms with van der Waals surface area (Å²) in [6.45, 7) is 2.25. The van der Waals surface area contributed by atoms with Crippen molar-refractivity contribution < 1.29 is 9.53 Å². The van der Waals surface area contributed by atoms with Crippen LogP contribution >= 0.6 is 15.9 Å². The Bertz CT molecular complexity index is 388. The lowest BCUT2D eigenvalue weighted by atomic mass is 10.0. The van der Waals surface area contributed by atoms with Crippen molar-refractivity contribution in [1.29, 1.82) is 0 Å². The second-order valence-electron chi connectivity index (χ2n) is 3.66. The maximum absolute atomic E-state index is 11.8. The van der Waals surface area contributed by atoms with Crippen molar-refractivity contribution in [2.24, 2.45) is 0 Å². The fraction of sp³-hybridized carbons (Fsp3) is 0.455. The average molecular weight is 270 g/mol. The molecule has 0 atom stereocenters. The molecule has 2 rings (SSSR count). The minimum Gasteiger partial charge on any atom is -0.465 e. The van der Waals surface area contributed by atoms with E-state index >= 15 is 0 Å². The molecular weight excluding hydrogens is 258 g/mol. The van der Waals surface area contributed by atoms with Gasteiger partial charge < -0.3 is 4.74 Å². The third-order valence-corrected chi connectivity index (χ3v) is 3.12. The summed E-state index contributed by atoms with van der Waals surface area (Å²) in [4.78, 5) is 16.0. The number of ether oxygens (including phenoxy) is 1. The van der Waals surface area contributed by atoms with Crippen LogP contribution in [-0.4, -0.2) is 17.6 Å². The monoisotopic (exact) mass is 269 g/mol. The summed E-state index contributed by atoms with van der Waals surface area (Å²) in [7, 11) is 0. The molecule has 0 bridgehead atoms. The predicted octanol–water partition coefficient (Wildman–Crippen LogP) is 2.44. The third kappa shape index (κ3) is 1.91. The smallest absolute Gasteiger partial charge is 0.318 e. The summed E-state index contributed by atoms with van der Waals surface area (Å²) in [6, 6.07) is 3.74. The average Bonchev–Trinajstić information content (AvgIpc) is 2.99. The molecule has 0 unspecified atom stereocenters. The molecule has 0 spiro atoms. The van der Waals surface area contributed by atoms with Crippen LogP contribution in [0.5, 0.6) is 0 Å². The highest BCUT2D eigenvalue weighted by Crippen LogP contribution is 2.48. The van der Waals surface area contributed by atoms with E-state index in [1.165, 1.54) is 0 Å². The van der Waals surface area contributed by atoms with E-state index < -0.39 is 5.41 Å². The maximum atomic E-state index is 11.8. The van der Waals surface area contributed by atoms with Crippen molar-refractivity contribution in [3.8, 4) is 0 Å². The number of esters is 1. The predicted molar refractivity (Wildman–Crippen MR) is 59.5 cm³/mol. The minimum absolute atomic E-state index is 0.143. The zero-order valence-electron chi connectivity index (χ0n) is 8.50. The van der Waals surface area contributed by atoms with E-state index in [-0.39, 0.29) is 5.97 Å². The molecule has 0 aliphatic heterocycles. The maximum Gasteiger partial charge on any atom is 0.318 e. The first-order valence-electron chi connectivity index (χ1n) is 4.98. The van der Waals surface area contributed by atoms with E-state index in [4.69, 9.17) is 4.74 Å². The van der Waals surface area contributed by atoms with Crippen LogP contribution in [0.15, 0.2) is 22.8 Å². The molecule has 0 aromatic carbocycles. The molecule has 15 heavy (non-hydrogen) atoms. The van der Waals surface area contributed by atoms with Gasteiger partial charge in [0.2, 0.25) is 0 Å². The van der Waals surface area contributed by atoms with Crippen molar-refractivity contribution in [1.82, 2.24) is 4.98 Å². The van der Waals surface area contributed by atoms with Crippen LogP contribution in [0.1, 0.15) is 25.5 Å². The zero-order valence-corrected chi connectivity index (χ0v) is 10.1. The van der Waals surface area contributed by atoms with Crippen LogP contribution in [0.3, 0.4) is 0 Å². The lowest BCUT2D eigenvalue weighted by Gasteiger charge is -2.12. The Kier molecular flexibility index (Phi) is 2.78. The Morgan fingerprint density at radius 1 is 1.67 bits per heavy atom. The van der Waals surface area contributed by atoms with Gasteiger partial charge in [0, 0.05) is 10.7 Å². The molecule has 0 N–H and O–H groups in total. The summed E-state index contributed by atoms with van der Waals surface area (Å²) in [5, 5.41) is 0. The number of aromatic nitrogens is 1. The lowest BCUT2D eigenvalue weighted by Crippen LogP contribution is -2.24. The van der Waals surface area contributed by atoms with Gasteiger partial charge >= 0.3 is 5.97 Å². The summed E-state index contributed by atoms with van der Waals surface area (Å²) in [5.74, 6) is -0.143. The van der Waals surface area contributed by atoms with Gasteiger partial charge in [-0.1, -0.05) is 15.9 Å². The third-order valence-electron chi connectivity index (χ3n) is 2.63. The van der Waals surface area contributed by atoms with E-state index in [0.717, 1.165) is 23.0 Å². The first-order chi connectivity index (χ1) is 7.19. The van der Waals surface area contributed by atoms with Gasteiger partial charge in [0.05, 0.1) is 12.3 Å². The standard InChI is InChI=1S/C11H12BrNO2/c1-2-15-10(14)11(4-5-11)9-7-8(12)3-6-13-9/h3,6-7H,2,4-5H2,1H3. The fourth-order valence-corrected chi connectivity index (χ4v) is 1.96. The van der Waals surface area contributed by atoms with Crippen molar-refractivity contribution in [3.05, 3.63) is 28.5 Å². The number of carbonyl (C=O) groups is 1. The molecular formula is C11H12BrNO2. The Morgan fingerprint density at radius 2 is 2.40 bits per heavy atom. The Morgan fingerprint density at radius 3 is 2.93 bits per heavy atom. The van der Waals surface area contributed by atoms with Crippen LogP contribution in [-0.2, 0) is 14.9 Å². The van der Waals surface area contributed by atoms with E-state index in [9.17, 15) is 4.79 Å². The number of hydrogen-bond donors (Lipinski definition) is 0. The van der Waals surface area contributed by atoms with Crippen LogP contribution in [0.25, 0.3) is 0 Å². The molecule has 0 saturated heterocycles. The van der Waals surface area contributed by atoms with Crippen molar-refractivity contribution in [2.45, 2.75) is 25.2 Å². The summed E-state index contributed by atoms with van der Waals surface area (Å²) in [5.41, 5.74) is 0.357. The number of rotatable bonds is 3. The van der Waals surface area contributed by atoms with Crippen LogP contribution in [0, 0.1) is 0 Å². The van der Waals surface area contributed by atoms with E-state index in [1.54, 1.807) is 6.20 Å². The SMILES string of the molecule is CCOC(=O)C1(c2cc(Br)ccn2)CC1. The van der Waals surface area contributed by atoms with Gasteiger partial charge in [-0.2, -0.15) is 0 Å². The second-order valence-corrected chi connectivity index (χ2v) is 4.58. The first-order valence-corrected chi connectivity index (χ1v) is 5.77. The number of nitrogens with zero attached hydrogens (tertiary/aromatic N) is 1. The summed E-state index contributed by atoms with van der Waals surface area (Å²) >= 11 is 3.38. The molecule has 1 heterocycles. The normalized spacial score (nSPS) is 17.2. The molecule has 3 nitrogen and oxygen atoms in total. The van der Waals surface area contributed by atoms with Crippen molar-refractivity contribution in [2.75, 3.05) is 6.61 Å². The van der Waals surface area contributed by atoms with Gasteiger partial charge in [0.1, 0.15) is 5.41 Å². The molecule has 1 saturated carbocycles. The molecule has 1 fully saturated rings. The Balaban J connectivity index is 2.26. The van der Waals surface area contributed by atoms with Gasteiger partial charge in [-0.3, -0.25) is 9.78 Å². The van der Waals surface area contributed by atoms with Gasteiger partial charge in [-0.05, 0) is 31.9 Å². The first kappa shape index (κ1) is 10.6. The highest BCUT2D eigenvalue weighted by Gasteiger charge is 2.54. The number of hydrogen-bond acceptors (Lipinski definition) is 3. The van der Waals surface area contributed by atoms with E-state index in [2.05, 4.69) is 20.9 Å². The molecule has 0 radical (unpaired) electrons. The van der Waals surface area contributed by atoms with Crippen LogP contribution < -0.4 is 0 Å². The van der Waals surface area contributed by atoms with Gasteiger partial charge in [-0.25, -0.2) is 0 Å². The fourth-order valence-electron chi connectivity index (χ4n) is 1.63. The van der Waals surface area contributed by atoms with E-state index in [1.807, 2.05) is 19.1 Å². The van der Waals surface area contributed by atoms with Crippen LogP contribution in [0.4, 0.5) is 0 Å². The number of pyridine rings is 1. The van der Waals surface area contributed by atoms with E-state index in [0.29, 0.717) is 6.61 Å². The summed E-state index contributed by atoms with van der Waals surface area (Å²) in [6.07, 6.45) is 3.39. The number of carbonyl (C=O) groups excluding carboxylic acids is 1. The highest BCUT2D eigenvalue weighted by molar-refractivity contribution is 9.10. The Labute approximate surface area is 97.0 Å². The summed E-state index contributed by atoms with van der Waals surface area (Å²) < 4.78 is 6.02. The molecule has 1 aliphatic carbocycles. The van der Waals surface area contributed by atoms with Gasteiger partial charge in [-0.15, -0.1) is 0 Å². The highest BCUT2D eigenvalue weighted by atomic mass is 79.9. The van der Waals surface area contributed by atoms with Gasteiger partial charge in [0.15, 0.2) is 0 Å².